The number of hydrogen-bond acceptors (Lipinski definition) is 5. The van der Waals surface area contributed by atoms with E-state index in [4.69, 9.17) is 9.84 Å². The van der Waals surface area contributed by atoms with Crippen molar-refractivity contribution in [3.63, 3.8) is 0 Å². The molecule has 1 aromatic rings. The second-order valence-corrected chi connectivity index (χ2v) is 5.07. The monoisotopic (exact) mass is 294 g/mol. The quantitative estimate of drug-likeness (QED) is 0.409. The first-order valence-electron chi connectivity index (χ1n) is 6.87. The Morgan fingerprint density at radius 3 is 2.86 bits per heavy atom. The van der Waals surface area contributed by atoms with Gasteiger partial charge < -0.3 is 15.2 Å². The van der Waals surface area contributed by atoms with E-state index in [-0.39, 0.29) is 17.8 Å². The van der Waals surface area contributed by atoms with Gasteiger partial charge in [-0.3, -0.25) is 10.1 Å². The summed E-state index contributed by atoms with van der Waals surface area (Å²) in [5.74, 6) is -0.579. The molecule has 0 heterocycles. The highest BCUT2D eigenvalue weighted by atomic mass is 16.6. The number of carboxylic acids is 1. The minimum absolute atomic E-state index is 0.256. The molecule has 7 nitrogen and oxygen atoms in total. The van der Waals surface area contributed by atoms with Crippen LogP contribution >= 0.6 is 0 Å². The Kier molecular flexibility index (Phi) is 5.24. The molecule has 0 radical (unpaired) electrons. The van der Waals surface area contributed by atoms with Crippen LogP contribution in [0.5, 0.6) is 0 Å². The van der Waals surface area contributed by atoms with Crippen LogP contribution in [0, 0.1) is 16.0 Å². The molecular weight excluding hydrogens is 276 g/mol. The molecule has 1 fully saturated rings. The van der Waals surface area contributed by atoms with Crippen LogP contribution in [0.3, 0.4) is 0 Å². The number of aromatic carboxylic acids is 1. The summed E-state index contributed by atoms with van der Waals surface area (Å²) in [6, 6.07) is 4.27. The first-order chi connectivity index (χ1) is 10.1. The summed E-state index contributed by atoms with van der Waals surface area (Å²) in [6.07, 6.45) is 2.48. The Bertz CT molecular complexity index is 528. The summed E-state index contributed by atoms with van der Waals surface area (Å²) in [7, 11) is 0. The molecule has 0 unspecified atom stereocenters. The molecule has 0 bridgehead atoms. The third-order valence-electron chi connectivity index (χ3n) is 3.33. The Hall–Kier alpha value is -1.99. The van der Waals surface area contributed by atoms with Crippen molar-refractivity contribution in [3.05, 3.63) is 39.4 Å². The van der Waals surface area contributed by atoms with Gasteiger partial charge in [-0.15, -0.1) is 0 Å². The largest absolute Gasteiger partial charge is 0.477 e. The van der Waals surface area contributed by atoms with Crippen LogP contribution in [0.15, 0.2) is 18.2 Å². The predicted molar refractivity (Wildman–Crippen MR) is 75.3 cm³/mol. The lowest BCUT2D eigenvalue weighted by molar-refractivity contribution is -0.385. The second kappa shape index (κ2) is 7.14. The van der Waals surface area contributed by atoms with Crippen molar-refractivity contribution in [3.8, 4) is 0 Å². The van der Waals surface area contributed by atoms with Gasteiger partial charge in [0, 0.05) is 25.8 Å². The van der Waals surface area contributed by atoms with Crippen molar-refractivity contribution < 1.29 is 19.6 Å². The van der Waals surface area contributed by atoms with Gasteiger partial charge in [-0.25, -0.2) is 4.79 Å². The SMILES string of the molecule is O=C(O)c1c(CNCCOCC2CC2)cccc1[N+](=O)[O-]. The highest BCUT2D eigenvalue weighted by molar-refractivity contribution is 5.94. The molecule has 0 aliphatic heterocycles. The topological polar surface area (TPSA) is 102 Å². The molecule has 1 aliphatic rings. The molecule has 0 saturated heterocycles. The second-order valence-electron chi connectivity index (χ2n) is 5.07. The van der Waals surface area contributed by atoms with Crippen molar-refractivity contribution in [1.29, 1.82) is 0 Å². The molecule has 0 spiro atoms. The van der Waals surface area contributed by atoms with Gasteiger partial charge in [-0.05, 0) is 24.3 Å². The van der Waals surface area contributed by atoms with E-state index in [1.54, 1.807) is 6.07 Å². The van der Waals surface area contributed by atoms with Crippen molar-refractivity contribution in [2.45, 2.75) is 19.4 Å². The van der Waals surface area contributed by atoms with Gasteiger partial charge in [0.1, 0.15) is 5.56 Å². The predicted octanol–water partition coefficient (Wildman–Crippen LogP) is 1.81. The summed E-state index contributed by atoms with van der Waals surface area (Å²) >= 11 is 0. The Morgan fingerprint density at radius 1 is 1.48 bits per heavy atom. The number of carbonyl (C=O) groups is 1. The van der Waals surface area contributed by atoms with Crippen LogP contribution in [-0.4, -0.2) is 35.8 Å². The van der Waals surface area contributed by atoms with Crippen molar-refractivity contribution >= 4 is 11.7 Å². The molecule has 1 saturated carbocycles. The van der Waals surface area contributed by atoms with E-state index < -0.39 is 10.9 Å². The van der Waals surface area contributed by atoms with Gasteiger partial charge >= 0.3 is 5.97 Å². The molecule has 0 aromatic heterocycles. The van der Waals surface area contributed by atoms with Gasteiger partial charge in [0.05, 0.1) is 11.5 Å². The molecule has 2 N–H and O–H groups in total. The summed E-state index contributed by atoms with van der Waals surface area (Å²) in [5, 5.41) is 23.1. The molecule has 1 aliphatic carbocycles. The van der Waals surface area contributed by atoms with E-state index in [1.165, 1.54) is 25.0 Å². The lowest BCUT2D eigenvalue weighted by Crippen LogP contribution is -2.21. The fraction of sp³-hybridized carbons (Fsp3) is 0.500. The van der Waals surface area contributed by atoms with Gasteiger partial charge in [0.2, 0.25) is 0 Å². The smallest absolute Gasteiger partial charge is 0.343 e. The Morgan fingerprint density at radius 2 is 2.24 bits per heavy atom. The van der Waals surface area contributed by atoms with Gasteiger partial charge in [0.15, 0.2) is 0 Å². The van der Waals surface area contributed by atoms with E-state index in [0.717, 1.165) is 6.61 Å². The molecule has 2 rings (SSSR count). The van der Waals surface area contributed by atoms with E-state index in [0.29, 0.717) is 24.6 Å². The average Bonchev–Trinajstić information content (AvgIpc) is 3.26. The minimum atomic E-state index is -1.29. The van der Waals surface area contributed by atoms with E-state index in [2.05, 4.69) is 5.32 Å². The fourth-order valence-electron chi connectivity index (χ4n) is 2.03. The summed E-state index contributed by atoms with van der Waals surface area (Å²) in [6.45, 7) is 2.16. The van der Waals surface area contributed by atoms with E-state index in [1.807, 2.05) is 0 Å². The van der Waals surface area contributed by atoms with Crippen LogP contribution < -0.4 is 5.32 Å². The molecule has 114 valence electrons. The summed E-state index contributed by atoms with van der Waals surface area (Å²) < 4.78 is 5.45. The maximum atomic E-state index is 11.2. The number of nitro groups is 1. The highest BCUT2D eigenvalue weighted by Crippen LogP contribution is 2.28. The first-order valence-corrected chi connectivity index (χ1v) is 6.87. The van der Waals surface area contributed by atoms with Gasteiger partial charge in [-0.1, -0.05) is 12.1 Å². The summed E-state index contributed by atoms with van der Waals surface area (Å²) in [4.78, 5) is 21.4. The maximum Gasteiger partial charge on any atom is 0.343 e. The molecule has 7 heteroatoms. The lowest BCUT2D eigenvalue weighted by atomic mass is 10.1. The lowest BCUT2D eigenvalue weighted by Gasteiger charge is -2.08. The zero-order valence-corrected chi connectivity index (χ0v) is 11.6. The number of nitrogens with zero attached hydrogens (tertiary/aromatic N) is 1. The maximum absolute atomic E-state index is 11.2. The Balaban J connectivity index is 1.87. The fourth-order valence-corrected chi connectivity index (χ4v) is 2.03. The normalized spacial score (nSPS) is 14.1. The molecule has 0 amide bonds. The average molecular weight is 294 g/mol. The van der Waals surface area contributed by atoms with Gasteiger partial charge in [-0.2, -0.15) is 0 Å². The van der Waals surface area contributed by atoms with Crippen LogP contribution in [0.2, 0.25) is 0 Å². The number of carboxylic acid groups (broad SMARTS) is 1. The van der Waals surface area contributed by atoms with Crippen LogP contribution in [0.1, 0.15) is 28.8 Å². The molecule has 21 heavy (non-hydrogen) atoms. The highest BCUT2D eigenvalue weighted by Gasteiger charge is 2.23. The standard InChI is InChI=1S/C14H18N2O5/c17-14(18)13-11(2-1-3-12(13)16(19)20)8-15-6-7-21-9-10-4-5-10/h1-3,10,15H,4-9H2,(H,17,18). The Labute approximate surface area is 122 Å². The van der Waals surface area contributed by atoms with Crippen LogP contribution in [-0.2, 0) is 11.3 Å². The zero-order chi connectivity index (χ0) is 15.2. The third kappa shape index (κ3) is 4.51. The van der Waals surface area contributed by atoms with Crippen LogP contribution in [0.25, 0.3) is 0 Å². The number of ether oxygens (including phenoxy) is 1. The molecular formula is C14H18N2O5. The zero-order valence-electron chi connectivity index (χ0n) is 11.6. The number of hydrogen-bond donors (Lipinski definition) is 2. The number of rotatable bonds is 9. The van der Waals surface area contributed by atoms with Crippen LogP contribution in [0.4, 0.5) is 5.69 Å². The number of benzene rings is 1. The van der Waals surface area contributed by atoms with E-state index in [9.17, 15) is 14.9 Å². The van der Waals surface area contributed by atoms with Crippen molar-refractivity contribution in [1.82, 2.24) is 5.32 Å². The molecule has 1 aromatic carbocycles. The molecule has 0 atom stereocenters. The minimum Gasteiger partial charge on any atom is -0.477 e. The van der Waals surface area contributed by atoms with E-state index >= 15 is 0 Å². The number of nitrogens with one attached hydrogen (secondary N) is 1. The summed E-state index contributed by atoms with van der Waals surface area (Å²) in [5.41, 5.74) is -0.237. The number of nitro benzene ring substituents is 1. The van der Waals surface area contributed by atoms with Gasteiger partial charge in [0.25, 0.3) is 5.69 Å². The third-order valence-corrected chi connectivity index (χ3v) is 3.33. The first kappa shape index (κ1) is 15.4. The van der Waals surface area contributed by atoms with Crippen molar-refractivity contribution in [2.24, 2.45) is 5.92 Å². The van der Waals surface area contributed by atoms with Crippen molar-refractivity contribution in [2.75, 3.05) is 19.8 Å².